The maximum Gasteiger partial charge on any atom is 0.132 e. The second-order valence-electron chi connectivity index (χ2n) is 3.82. The van der Waals surface area contributed by atoms with Crippen molar-refractivity contribution < 1.29 is 8.78 Å². The summed E-state index contributed by atoms with van der Waals surface area (Å²) in [6.07, 6.45) is 0.687. The van der Waals surface area contributed by atoms with E-state index in [1.165, 1.54) is 0 Å². The molecule has 3 nitrogen and oxygen atoms in total. The summed E-state index contributed by atoms with van der Waals surface area (Å²) >= 11 is 3.28. The van der Waals surface area contributed by atoms with Crippen LogP contribution in [-0.4, -0.2) is 23.6 Å². The Bertz CT molecular complexity index is 554. The summed E-state index contributed by atoms with van der Waals surface area (Å²) in [6, 6.07) is 3.32. The lowest BCUT2D eigenvalue weighted by Crippen LogP contribution is -2.11. The number of hydrogen-bond donors (Lipinski definition) is 2. The Labute approximate surface area is 112 Å². The number of imidazole rings is 1. The van der Waals surface area contributed by atoms with Crippen LogP contribution in [0.3, 0.4) is 0 Å². The van der Waals surface area contributed by atoms with Crippen LogP contribution in [0.25, 0.3) is 11.3 Å². The largest absolute Gasteiger partial charge is 0.336 e. The Hall–Kier alpha value is -1.27. The third-order valence-electron chi connectivity index (χ3n) is 2.50. The van der Waals surface area contributed by atoms with Gasteiger partial charge in [-0.15, -0.1) is 0 Å². The average Bonchev–Trinajstić information content (AvgIpc) is 2.71. The summed E-state index contributed by atoms with van der Waals surface area (Å²) in [5.74, 6) is -0.267. The fourth-order valence-electron chi connectivity index (χ4n) is 1.62. The summed E-state index contributed by atoms with van der Waals surface area (Å²) in [5, 5.41) is 3.00. The first-order valence-corrected chi connectivity index (χ1v) is 6.25. The topological polar surface area (TPSA) is 40.7 Å². The van der Waals surface area contributed by atoms with E-state index < -0.39 is 11.6 Å². The number of aromatic nitrogens is 2. The first-order valence-electron chi connectivity index (χ1n) is 5.46. The summed E-state index contributed by atoms with van der Waals surface area (Å²) in [7, 11) is 1.84. The SMILES string of the molecule is CNCCc1nc(-c2cc(F)ccc2F)c(Br)[nH]1. The Kier molecular flexibility index (Phi) is 4.08. The van der Waals surface area contributed by atoms with Gasteiger partial charge in [0, 0.05) is 18.5 Å². The van der Waals surface area contributed by atoms with Gasteiger partial charge in [-0.3, -0.25) is 0 Å². The monoisotopic (exact) mass is 315 g/mol. The molecule has 0 saturated carbocycles. The van der Waals surface area contributed by atoms with Gasteiger partial charge < -0.3 is 10.3 Å². The quantitative estimate of drug-likeness (QED) is 0.911. The van der Waals surface area contributed by atoms with Crippen LogP contribution in [0.4, 0.5) is 8.78 Å². The van der Waals surface area contributed by atoms with Gasteiger partial charge in [-0.05, 0) is 41.2 Å². The van der Waals surface area contributed by atoms with Crippen LogP contribution in [0.1, 0.15) is 5.82 Å². The number of benzene rings is 1. The van der Waals surface area contributed by atoms with Gasteiger partial charge in [0.05, 0.1) is 0 Å². The molecule has 0 aliphatic heterocycles. The van der Waals surface area contributed by atoms with E-state index in [1.807, 2.05) is 7.05 Å². The number of nitrogens with zero attached hydrogens (tertiary/aromatic N) is 1. The smallest absolute Gasteiger partial charge is 0.132 e. The van der Waals surface area contributed by atoms with Crippen LogP contribution in [-0.2, 0) is 6.42 Å². The van der Waals surface area contributed by atoms with Crippen LogP contribution < -0.4 is 5.32 Å². The number of H-pyrrole nitrogens is 1. The zero-order valence-electron chi connectivity index (χ0n) is 9.73. The minimum Gasteiger partial charge on any atom is -0.336 e. The van der Waals surface area contributed by atoms with Gasteiger partial charge >= 0.3 is 0 Å². The number of hydrogen-bond acceptors (Lipinski definition) is 2. The van der Waals surface area contributed by atoms with Crippen molar-refractivity contribution in [1.29, 1.82) is 0 Å². The molecule has 0 fully saturated rings. The first kappa shape index (κ1) is 13.2. The summed E-state index contributed by atoms with van der Waals surface area (Å²) in [4.78, 5) is 7.27. The van der Waals surface area contributed by atoms with E-state index in [1.54, 1.807) is 0 Å². The zero-order valence-corrected chi connectivity index (χ0v) is 11.3. The second-order valence-corrected chi connectivity index (χ2v) is 4.62. The van der Waals surface area contributed by atoms with Gasteiger partial charge in [0.1, 0.15) is 27.8 Å². The van der Waals surface area contributed by atoms with Gasteiger partial charge in [-0.2, -0.15) is 0 Å². The molecule has 0 radical (unpaired) electrons. The molecule has 1 aromatic carbocycles. The number of halogens is 3. The molecule has 0 spiro atoms. The van der Waals surface area contributed by atoms with Crippen molar-refractivity contribution in [3.63, 3.8) is 0 Å². The van der Waals surface area contributed by atoms with Crippen LogP contribution in [0, 0.1) is 11.6 Å². The molecule has 0 aliphatic carbocycles. The molecule has 2 N–H and O–H groups in total. The van der Waals surface area contributed by atoms with Crippen molar-refractivity contribution >= 4 is 15.9 Å². The second kappa shape index (κ2) is 5.58. The number of aromatic amines is 1. The van der Waals surface area contributed by atoms with Crippen molar-refractivity contribution in [1.82, 2.24) is 15.3 Å². The van der Waals surface area contributed by atoms with E-state index in [0.29, 0.717) is 16.7 Å². The summed E-state index contributed by atoms with van der Waals surface area (Å²) in [6.45, 7) is 0.755. The van der Waals surface area contributed by atoms with Crippen LogP contribution >= 0.6 is 15.9 Å². The average molecular weight is 316 g/mol. The van der Waals surface area contributed by atoms with E-state index in [-0.39, 0.29) is 5.56 Å². The molecule has 2 rings (SSSR count). The zero-order chi connectivity index (χ0) is 13.1. The molecule has 0 amide bonds. The predicted octanol–water partition coefficient (Wildman–Crippen LogP) is 2.88. The van der Waals surface area contributed by atoms with Crippen LogP contribution in [0.5, 0.6) is 0 Å². The number of rotatable bonds is 4. The molecule has 1 aromatic heterocycles. The Morgan fingerprint density at radius 3 is 2.89 bits per heavy atom. The van der Waals surface area contributed by atoms with E-state index in [4.69, 9.17) is 0 Å². The first-order chi connectivity index (χ1) is 8.61. The van der Waals surface area contributed by atoms with Crippen molar-refractivity contribution in [3.8, 4) is 11.3 Å². The number of nitrogens with one attached hydrogen (secondary N) is 2. The summed E-state index contributed by atoms with van der Waals surface area (Å²) < 4.78 is 27.3. The molecule has 0 bridgehead atoms. The molecule has 1 heterocycles. The fraction of sp³-hybridized carbons (Fsp3) is 0.250. The third-order valence-corrected chi connectivity index (χ3v) is 3.08. The van der Waals surface area contributed by atoms with Gasteiger partial charge in [0.25, 0.3) is 0 Å². The van der Waals surface area contributed by atoms with Gasteiger partial charge in [0.15, 0.2) is 0 Å². The minimum atomic E-state index is -0.497. The Morgan fingerprint density at radius 1 is 1.39 bits per heavy atom. The van der Waals surface area contributed by atoms with Crippen molar-refractivity contribution in [2.24, 2.45) is 0 Å². The molecule has 0 saturated heterocycles. The van der Waals surface area contributed by atoms with E-state index in [2.05, 4.69) is 31.2 Å². The van der Waals surface area contributed by atoms with Gasteiger partial charge in [-0.1, -0.05) is 0 Å². The minimum absolute atomic E-state index is 0.147. The predicted molar refractivity (Wildman–Crippen MR) is 69.3 cm³/mol. The van der Waals surface area contributed by atoms with E-state index in [9.17, 15) is 8.78 Å². The molecule has 18 heavy (non-hydrogen) atoms. The van der Waals surface area contributed by atoms with Gasteiger partial charge in [0.2, 0.25) is 0 Å². The van der Waals surface area contributed by atoms with Crippen molar-refractivity contribution in [3.05, 3.63) is 40.3 Å². The highest BCUT2D eigenvalue weighted by Gasteiger charge is 2.14. The molecule has 2 aromatic rings. The Balaban J connectivity index is 2.38. The standard InChI is InChI=1S/C12H12BrF2N3/c1-16-5-4-10-17-11(12(13)18-10)8-6-7(14)2-3-9(8)15/h2-3,6,16H,4-5H2,1H3,(H,17,18). The molecular formula is C12H12BrF2N3. The highest BCUT2D eigenvalue weighted by molar-refractivity contribution is 9.10. The van der Waals surface area contributed by atoms with Crippen LogP contribution in [0.15, 0.2) is 22.8 Å². The molecule has 0 atom stereocenters. The highest BCUT2D eigenvalue weighted by Crippen LogP contribution is 2.28. The normalized spacial score (nSPS) is 10.9. The van der Waals surface area contributed by atoms with E-state index >= 15 is 0 Å². The molecule has 96 valence electrons. The third kappa shape index (κ3) is 2.76. The molecular weight excluding hydrogens is 304 g/mol. The highest BCUT2D eigenvalue weighted by atomic mass is 79.9. The van der Waals surface area contributed by atoms with E-state index in [0.717, 1.165) is 30.6 Å². The van der Waals surface area contributed by atoms with Crippen molar-refractivity contribution in [2.75, 3.05) is 13.6 Å². The van der Waals surface area contributed by atoms with Crippen molar-refractivity contribution in [2.45, 2.75) is 6.42 Å². The lowest BCUT2D eigenvalue weighted by molar-refractivity contribution is 0.602. The lowest BCUT2D eigenvalue weighted by atomic mass is 10.1. The lowest BCUT2D eigenvalue weighted by Gasteiger charge is -2.00. The molecule has 0 aliphatic rings. The number of likely N-dealkylation sites (N-methyl/N-ethyl adjacent to an activating group) is 1. The van der Waals surface area contributed by atoms with Gasteiger partial charge in [-0.25, -0.2) is 13.8 Å². The van der Waals surface area contributed by atoms with Crippen LogP contribution in [0.2, 0.25) is 0 Å². The maximum atomic E-state index is 13.6. The summed E-state index contributed by atoms with van der Waals surface area (Å²) in [5.41, 5.74) is 0.534. The maximum absolute atomic E-state index is 13.6. The molecule has 0 unspecified atom stereocenters. The Morgan fingerprint density at radius 2 is 2.17 bits per heavy atom. The fourth-order valence-corrected chi connectivity index (χ4v) is 2.15. The molecule has 6 heteroatoms.